The number of carbonyl (C=O) groups excluding carboxylic acids is 1. The summed E-state index contributed by atoms with van der Waals surface area (Å²) in [6, 6.07) is -0.0184. The Morgan fingerprint density at radius 2 is 2.27 bits per heavy atom. The Balaban J connectivity index is 1.72. The lowest BCUT2D eigenvalue weighted by Gasteiger charge is -2.40. The summed E-state index contributed by atoms with van der Waals surface area (Å²) in [7, 11) is 0.278. The van der Waals surface area contributed by atoms with E-state index >= 15 is 0 Å². The molecule has 0 bridgehead atoms. The molecule has 1 aliphatic carbocycles. The zero-order chi connectivity index (χ0) is 15.9. The number of fused-ring (bicyclic) bond motifs is 1. The Morgan fingerprint density at radius 3 is 2.95 bits per heavy atom. The van der Waals surface area contributed by atoms with Gasteiger partial charge < -0.3 is 0 Å². The number of aromatic nitrogens is 2. The molecule has 3 rings (SSSR count). The summed E-state index contributed by atoms with van der Waals surface area (Å²) in [5.41, 5.74) is 0.178. The van der Waals surface area contributed by atoms with Crippen LogP contribution in [0.5, 0.6) is 0 Å². The van der Waals surface area contributed by atoms with E-state index in [1.165, 1.54) is 6.20 Å². The lowest BCUT2D eigenvalue weighted by molar-refractivity contribution is -0.127. The maximum Gasteiger partial charge on any atom is 0.231 e. The minimum atomic E-state index is -1.48. The number of amides is 1. The number of hydrogen-bond acceptors (Lipinski definition) is 4. The van der Waals surface area contributed by atoms with Crippen LogP contribution in [-0.4, -0.2) is 31.9 Å². The van der Waals surface area contributed by atoms with E-state index in [2.05, 4.69) is 34.0 Å². The van der Waals surface area contributed by atoms with Gasteiger partial charge >= 0.3 is 0 Å². The van der Waals surface area contributed by atoms with E-state index in [0.717, 1.165) is 19.3 Å². The fourth-order valence-corrected chi connectivity index (χ4v) is 3.88. The molecule has 1 aromatic rings. The molecule has 2 unspecified atom stereocenters. The monoisotopic (exact) mass is 323 g/mol. The fourth-order valence-electron chi connectivity index (χ4n) is 3.10. The van der Waals surface area contributed by atoms with E-state index in [9.17, 15) is 9.00 Å². The number of aryl methyl sites for hydroxylation is 1. The summed E-state index contributed by atoms with van der Waals surface area (Å²) in [6.45, 7) is 4.37. The highest BCUT2D eigenvalue weighted by Gasteiger charge is 2.41. The summed E-state index contributed by atoms with van der Waals surface area (Å²) in [5.74, 6) is 0.188. The molecule has 22 heavy (non-hydrogen) atoms. The van der Waals surface area contributed by atoms with E-state index in [1.54, 1.807) is 17.9 Å². The highest BCUT2D eigenvalue weighted by Crippen LogP contribution is 2.40. The average Bonchev–Trinajstić information content (AvgIpc) is 2.86. The number of hydrogen-bond donors (Lipinski definition) is 2. The molecule has 2 N–H and O–H groups in total. The van der Waals surface area contributed by atoms with Crippen molar-refractivity contribution in [2.75, 3.05) is 0 Å². The Bertz CT molecular complexity index is 651. The van der Waals surface area contributed by atoms with Gasteiger partial charge in [0.2, 0.25) is 11.9 Å². The molecule has 0 spiro atoms. The Morgan fingerprint density at radius 1 is 1.50 bits per heavy atom. The molecule has 2 aliphatic rings. The molecule has 1 saturated carbocycles. The van der Waals surface area contributed by atoms with Crippen LogP contribution in [-0.2, 0) is 22.8 Å². The third-order valence-electron chi connectivity index (χ3n) is 4.31. The Labute approximate surface area is 132 Å². The first-order valence-electron chi connectivity index (χ1n) is 7.40. The fraction of sp³-hybridized carbons (Fsp3) is 0.643. The van der Waals surface area contributed by atoms with E-state index in [-0.39, 0.29) is 23.3 Å². The van der Waals surface area contributed by atoms with Crippen LogP contribution in [0.25, 0.3) is 0 Å². The minimum absolute atomic E-state index is 0.0184. The zero-order valence-electron chi connectivity index (χ0n) is 13.0. The number of carbonyl (C=O) groups is 1. The molecule has 1 amide bonds. The summed E-state index contributed by atoms with van der Waals surface area (Å²) in [5, 5.41) is 6.72. The Kier molecular flexibility index (Phi) is 3.80. The van der Waals surface area contributed by atoms with Crippen molar-refractivity contribution >= 4 is 22.9 Å². The molecule has 1 aromatic heterocycles. The molecule has 0 aromatic carbocycles. The number of aliphatic imine (C=N–C) groups is 1. The van der Waals surface area contributed by atoms with E-state index in [1.807, 2.05) is 0 Å². The van der Waals surface area contributed by atoms with Gasteiger partial charge in [0.05, 0.1) is 23.1 Å². The van der Waals surface area contributed by atoms with Crippen LogP contribution >= 0.6 is 0 Å². The van der Waals surface area contributed by atoms with Gasteiger partial charge in [0.25, 0.3) is 0 Å². The summed E-state index contributed by atoms with van der Waals surface area (Å²) >= 11 is 0. The topological polar surface area (TPSA) is 88.4 Å². The first kappa shape index (κ1) is 15.2. The van der Waals surface area contributed by atoms with Gasteiger partial charge in [-0.15, -0.1) is 0 Å². The van der Waals surface area contributed by atoms with Crippen molar-refractivity contribution in [3.8, 4) is 0 Å². The molecule has 120 valence electrons. The molecule has 2 heterocycles. The quantitative estimate of drug-likeness (QED) is 0.840. The van der Waals surface area contributed by atoms with Crippen LogP contribution in [0, 0.1) is 11.3 Å². The number of nitrogens with zero attached hydrogens (tertiary/aromatic N) is 3. The normalized spacial score (nSPS) is 28.3. The van der Waals surface area contributed by atoms with Crippen molar-refractivity contribution in [3.63, 3.8) is 0 Å². The summed E-state index contributed by atoms with van der Waals surface area (Å²) in [4.78, 5) is 17.4. The van der Waals surface area contributed by atoms with Crippen molar-refractivity contribution in [2.24, 2.45) is 23.4 Å². The predicted molar refractivity (Wildman–Crippen MR) is 83.2 cm³/mol. The Hall–Kier alpha value is -1.70. The molecular weight excluding hydrogens is 302 g/mol. The smallest absolute Gasteiger partial charge is 0.231 e. The van der Waals surface area contributed by atoms with Gasteiger partial charge in [0.15, 0.2) is 11.0 Å². The highest BCUT2D eigenvalue weighted by molar-refractivity contribution is 7.83. The van der Waals surface area contributed by atoms with E-state index < -0.39 is 11.0 Å². The molecule has 7 nitrogen and oxygen atoms in total. The molecule has 1 fully saturated rings. The lowest BCUT2D eigenvalue weighted by Crippen LogP contribution is -2.53. The van der Waals surface area contributed by atoms with Crippen LogP contribution in [0.15, 0.2) is 22.3 Å². The first-order valence-corrected chi connectivity index (χ1v) is 8.55. The van der Waals surface area contributed by atoms with Gasteiger partial charge in [-0.3, -0.25) is 19.5 Å². The van der Waals surface area contributed by atoms with Crippen molar-refractivity contribution < 1.29 is 9.00 Å². The first-order chi connectivity index (χ1) is 10.3. The summed E-state index contributed by atoms with van der Waals surface area (Å²) < 4.78 is 16.6. The third kappa shape index (κ3) is 3.06. The largest absolute Gasteiger partial charge is 0.296 e. The molecule has 1 aliphatic heterocycles. The molecular formula is C14H21N5O2S. The van der Waals surface area contributed by atoms with Gasteiger partial charge in [0.1, 0.15) is 0 Å². The molecule has 0 radical (unpaired) electrons. The van der Waals surface area contributed by atoms with Crippen LogP contribution in [0.1, 0.15) is 33.1 Å². The lowest BCUT2D eigenvalue weighted by atomic mass is 9.69. The van der Waals surface area contributed by atoms with Gasteiger partial charge in [-0.05, 0) is 24.7 Å². The number of guanidine groups is 1. The van der Waals surface area contributed by atoms with Crippen LogP contribution in [0.2, 0.25) is 0 Å². The maximum atomic E-state index is 12.3. The van der Waals surface area contributed by atoms with Crippen LogP contribution in [0.3, 0.4) is 0 Å². The van der Waals surface area contributed by atoms with Crippen molar-refractivity contribution in [1.82, 2.24) is 19.8 Å². The van der Waals surface area contributed by atoms with Gasteiger partial charge in [-0.2, -0.15) is 5.10 Å². The third-order valence-corrected chi connectivity index (χ3v) is 5.33. The van der Waals surface area contributed by atoms with Crippen LogP contribution < -0.4 is 10.0 Å². The standard InChI is InChI=1S/C14H21N5O2S/c1-14(2)5-4-11-10(6-14)12(20)17-13(16-11)18-22(21)9-7-15-19(3)8-9/h7-8,10-11H,4-6H2,1-3H3,(H2,16,17,18,20)/t10-,11?,22?/m0/s1. The zero-order valence-corrected chi connectivity index (χ0v) is 13.8. The number of nitrogens with one attached hydrogen (secondary N) is 2. The van der Waals surface area contributed by atoms with Crippen molar-refractivity contribution in [3.05, 3.63) is 12.4 Å². The second-order valence-electron chi connectivity index (χ2n) is 6.77. The summed E-state index contributed by atoms with van der Waals surface area (Å²) in [6.07, 6.45) is 5.96. The maximum absolute atomic E-state index is 12.3. The van der Waals surface area contributed by atoms with Crippen molar-refractivity contribution in [2.45, 2.75) is 44.0 Å². The van der Waals surface area contributed by atoms with E-state index in [4.69, 9.17) is 0 Å². The van der Waals surface area contributed by atoms with E-state index in [0.29, 0.717) is 10.9 Å². The van der Waals surface area contributed by atoms with Gasteiger partial charge in [-0.1, -0.05) is 13.8 Å². The molecule has 0 saturated heterocycles. The van der Waals surface area contributed by atoms with Crippen molar-refractivity contribution in [1.29, 1.82) is 0 Å². The van der Waals surface area contributed by atoms with Gasteiger partial charge in [0, 0.05) is 13.2 Å². The average molecular weight is 323 g/mol. The SMILES string of the molecule is Cn1cc(S(=O)NC2=NC3CCC(C)(C)C[C@@H]3C(=O)N2)cn1. The molecule has 3 atom stereocenters. The minimum Gasteiger partial charge on any atom is -0.296 e. The van der Waals surface area contributed by atoms with Gasteiger partial charge in [-0.25, -0.2) is 9.20 Å². The second kappa shape index (κ2) is 5.49. The second-order valence-corrected chi connectivity index (χ2v) is 7.98. The molecule has 8 heteroatoms. The highest BCUT2D eigenvalue weighted by atomic mass is 32.2. The predicted octanol–water partition coefficient (Wildman–Crippen LogP) is 0.713. The van der Waals surface area contributed by atoms with Crippen LogP contribution in [0.4, 0.5) is 0 Å². The number of rotatable bonds is 2.